The largest absolute Gasteiger partial charge is 0.346 e. The molecule has 1 heterocycles. The van der Waals surface area contributed by atoms with E-state index in [-0.39, 0.29) is 0 Å². The molecule has 0 unspecified atom stereocenters. The van der Waals surface area contributed by atoms with Crippen molar-refractivity contribution in [3.8, 4) is 11.3 Å². The Balaban J connectivity index is 2.31. The highest BCUT2D eigenvalue weighted by molar-refractivity contribution is 7.98. The minimum atomic E-state index is 0.623. The lowest BCUT2D eigenvalue weighted by atomic mass is 10.1. The molecule has 90 valence electrons. The first-order chi connectivity index (χ1) is 8.24. The molecule has 0 aliphatic rings. The van der Waals surface area contributed by atoms with E-state index in [4.69, 9.17) is 5.73 Å². The molecule has 3 N–H and O–H groups in total. The lowest BCUT2D eigenvalue weighted by molar-refractivity contribution is 0.891. The quantitative estimate of drug-likeness (QED) is 0.817. The fourth-order valence-corrected chi connectivity index (χ4v) is 2.22. The molecular formula is C13H17N3S. The number of benzene rings is 1. The van der Waals surface area contributed by atoms with Crippen molar-refractivity contribution in [2.75, 3.05) is 12.8 Å². The molecule has 0 atom stereocenters. The number of nitrogens with one attached hydrogen (secondary N) is 1. The van der Waals surface area contributed by atoms with Crippen LogP contribution in [0.4, 0.5) is 0 Å². The van der Waals surface area contributed by atoms with Crippen molar-refractivity contribution in [3.63, 3.8) is 0 Å². The van der Waals surface area contributed by atoms with Gasteiger partial charge in [-0.05, 0) is 31.9 Å². The van der Waals surface area contributed by atoms with Crippen molar-refractivity contribution in [2.24, 2.45) is 5.73 Å². The summed E-state index contributed by atoms with van der Waals surface area (Å²) in [6.07, 6.45) is 2.87. The van der Waals surface area contributed by atoms with E-state index < -0.39 is 0 Å². The van der Waals surface area contributed by atoms with Crippen LogP contribution in [-0.4, -0.2) is 22.8 Å². The Morgan fingerprint density at radius 2 is 2.00 bits per heavy atom. The van der Waals surface area contributed by atoms with Gasteiger partial charge in [0, 0.05) is 22.6 Å². The number of hydrogen-bond acceptors (Lipinski definition) is 3. The predicted molar refractivity (Wildman–Crippen MR) is 73.3 cm³/mol. The Hall–Kier alpha value is -1.26. The standard InChI is InChI=1S/C13H17N3S/c1-9-13(16-12(15-9)7-8-14)10-3-5-11(17-2)6-4-10/h3-6H,7-8,14H2,1-2H3,(H,15,16). The second-order valence-electron chi connectivity index (χ2n) is 3.92. The van der Waals surface area contributed by atoms with Crippen LogP contribution in [0.5, 0.6) is 0 Å². The van der Waals surface area contributed by atoms with Gasteiger partial charge in [-0.25, -0.2) is 4.98 Å². The van der Waals surface area contributed by atoms with Crippen LogP contribution in [0.25, 0.3) is 11.3 Å². The van der Waals surface area contributed by atoms with Gasteiger partial charge in [0.05, 0.1) is 5.69 Å². The number of aromatic amines is 1. The van der Waals surface area contributed by atoms with Gasteiger partial charge >= 0.3 is 0 Å². The highest BCUT2D eigenvalue weighted by Crippen LogP contribution is 2.24. The molecule has 1 aromatic carbocycles. The summed E-state index contributed by atoms with van der Waals surface area (Å²) in [5.41, 5.74) is 8.82. The summed E-state index contributed by atoms with van der Waals surface area (Å²) in [5.74, 6) is 0.967. The smallest absolute Gasteiger partial charge is 0.108 e. The van der Waals surface area contributed by atoms with Crippen molar-refractivity contribution in [1.82, 2.24) is 9.97 Å². The van der Waals surface area contributed by atoms with Crippen molar-refractivity contribution >= 4 is 11.8 Å². The molecule has 3 nitrogen and oxygen atoms in total. The minimum Gasteiger partial charge on any atom is -0.346 e. The van der Waals surface area contributed by atoms with Crippen LogP contribution in [0, 0.1) is 6.92 Å². The van der Waals surface area contributed by atoms with E-state index in [0.29, 0.717) is 6.54 Å². The zero-order valence-corrected chi connectivity index (χ0v) is 11.0. The Labute approximate surface area is 106 Å². The monoisotopic (exact) mass is 247 g/mol. The fraction of sp³-hybridized carbons (Fsp3) is 0.308. The molecule has 0 fully saturated rings. The van der Waals surface area contributed by atoms with Gasteiger partial charge in [-0.1, -0.05) is 12.1 Å². The molecule has 2 rings (SSSR count). The third-order valence-corrected chi connectivity index (χ3v) is 3.42. The second kappa shape index (κ2) is 5.38. The van der Waals surface area contributed by atoms with Gasteiger partial charge in [-0.3, -0.25) is 0 Å². The van der Waals surface area contributed by atoms with Crippen LogP contribution < -0.4 is 5.73 Å². The molecule has 4 heteroatoms. The van der Waals surface area contributed by atoms with Crippen molar-refractivity contribution < 1.29 is 0 Å². The number of H-pyrrole nitrogens is 1. The van der Waals surface area contributed by atoms with Crippen molar-refractivity contribution in [2.45, 2.75) is 18.2 Å². The van der Waals surface area contributed by atoms with Crippen LogP contribution in [0.3, 0.4) is 0 Å². The zero-order chi connectivity index (χ0) is 12.3. The van der Waals surface area contributed by atoms with Gasteiger partial charge in [0.15, 0.2) is 0 Å². The summed E-state index contributed by atoms with van der Waals surface area (Å²) in [6, 6.07) is 8.47. The molecule has 2 aromatic rings. The average Bonchev–Trinajstić information content (AvgIpc) is 2.71. The first kappa shape index (κ1) is 12.2. The lowest BCUT2D eigenvalue weighted by Gasteiger charge is -2.00. The molecule has 0 radical (unpaired) electrons. The van der Waals surface area contributed by atoms with Crippen LogP contribution in [-0.2, 0) is 6.42 Å². The van der Waals surface area contributed by atoms with Crippen molar-refractivity contribution in [3.05, 3.63) is 35.8 Å². The normalized spacial score (nSPS) is 10.8. The number of rotatable bonds is 4. The van der Waals surface area contributed by atoms with E-state index >= 15 is 0 Å². The molecule has 0 spiro atoms. The topological polar surface area (TPSA) is 54.7 Å². The van der Waals surface area contributed by atoms with E-state index in [1.54, 1.807) is 11.8 Å². The summed E-state index contributed by atoms with van der Waals surface area (Å²) < 4.78 is 0. The number of nitrogens with zero attached hydrogens (tertiary/aromatic N) is 1. The number of hydrogen-bond donors (Lipinski definition) is 2. The fourth-order valence-electron chi connectivity index (χ4n) is 1.81. The van der Waals surface area contributed by atoms with E-state index in [1.807, 2.05) is 6.92 Å². The Bertz CT molecular complexity index is 488. The molecular weight excluding hydrogens is 230 g/mol. The molecule has 0 aliphatic heterocycles. The van der Waals surface area contributed by atoms with E-state index in [2.05, 4.69) is 40.5 Å². The minimum absolute atomic E-state index is 0.623. The van der Waals surface area contributed by atoms with Crippen LogP contribution in [0.2, 0.25) is 0 Å². The highest BCUT2D eigenvalue weighted by Gasteiger charge is 2.08. The molecule has 0 saturated heterocycles. The van der Waals surface area contributed by atoms with Gasteiger partial charge < -0.3 is 10.7 Å². The maximum absolute atomic E-state index is 5.53. The summed E-state index contributed by atoms with van der Waals surface area (Å²) in [7, 11) is 0. The third kappa shape index (κ3) is 2.70. The highest BCUT2D eigenvalue weighted by atomic mass is 32.2. The molecule has 0 aliphatic carbocycles. The van der Waals surface area contributed by atoms with Crippen LogP contribution >= 0.6 is 11.8 Å². The number of imidazole rings is 1. The van der Waals surface area contributed by atoms with Gasteiger partial charge in [0.2, 0.25) is 0 Å². The van der Waals surface area contributed by atoms with Gasteiger partial charge in [-0.15, -0.1) is 11.8 Å². The first-order valence-corrected chi connectivity index (χ1v) is 6.87. The third-order valence-electron chi connectivity index (χ3n) is 2.68. The lowest BCUT2D eigenvalue weighted by Crippen LogP contribution is -2.03. The van der Waals surface area contributed by atoms with E-state index in [9.17, 15) is 0 Å². The number of aryl methyl sites for hydroxylation is 1. The summed E-state index contributed by atoms with van der Waals surface area (Å²) >= 11 is 1.75. The Morgan fingerprint density at radius 1 is 1.29 bits per heavy atom. The zero-order valence-electron chi connectivity index (χ0n) is 10.2. The number of aromatic nitrogens is 2. The molecule has 0 saturated carbocycles. The number of thioether (sulfide) groups is 1. The van der Waals surface area contributed by atoms with E-state index in [0.717, 1.165) is 29.2 Å². The SMILES string of the molecule is CSc1ccc(-c2nc(CCN)[nH]c2C)cc1. The second-order valence-corrected chi connectivity index (χ2v) is 4.80. The summed E-state index contributed by atoms with van der Waals surface area (Å²) in [4.78, 5) is 9.13. The van der Waals surface area contributed by atoms with Crippen molar-refractivity contribution in [1.29, 1.82) is 0 Å². The van der Waals surface area contributed by atoms with Gasteiger partial charge in [0.1, 0.15) is 5.82 Å². The maximum atomic E-state index is 5.53. The number of nitrogens with two attached hydrogens (primary N) is 1. The van der Waals surface area contributed by atoms with Gasteiger partial charge in [0.25, 0.3) is 0 Å². The summed E-state index contributed by atoms with van der Waals surface area (Å²) in [5, 5.41) is 0. The van der Waals surface area contributed by atoms with Crippen LogP contribution in [0.1, 0.15) is 11.5 Å². The average molecular weight is 247 g/mol. The molecule has 17 heavy (non-hydrogen) atoms. The van der Waals surface area contributed by atoms with Crippen LogP contribution in [0.15, 0.2) is 29.2 Å². The molecule has 0 amide bonds. The molecule has 0 bridgehead atoms. The Kier molecular flexibility index (Phi) is 3.86. The Morgan fingerprint density at radius 3 is 2.59 bits per heavy atom. The van der Waals surface area contributed by atoms with E-state index in [1.165, 1.54) is 4.90 Å². The first-order valence-electron chi connectivity index (χ1n) is 5.64. The molecule has 1 aromatic heterocycles. The summed E-state index contributed by atoms with van der Waals surface area (Å²) in [6.45, 7) is 2.67. The predicted octanol–water partition coefficient (Wildman–Crippen LogP) is 2.61. The van der Waals surface area contributed by atoms with Gasteiger partial charge in [-0.2, -0.15) is 0 Å². The maximum Gasteiger partial charge on any atom is 0.108 e.